The summed E-state index contributed by atoms with van der Waals surface area (Å²) in [6, 6.07) is 16.6. The lowest BCUT2D eigenvalue weighted by Crippen LogP contribution is -2.32. The number of nitrogens with zero attached hydrogens (tertiary/aromatic N) is 5. The Hall–Kier alpha value is -4.05. The highest BCUT2D eigenvalue weighted by Gasteiger charge is 2.37. The third-order valence-corrected chi connectivity index (χ3v) is 7.74. The van der Waals surface area contributed by atoms with Crippen molar-refractivity contribution in [3.63, 3.8) is 0 Å². The van der Waals surface area contributed by atoms with Crippen LogP contribution in [0.2, 0.25) is 0 Å². The van der Waals surface area contributed by atoms with Crippen LogP contribution in [-0.2, 0) is 19.0 Å². The molecule has 4 aromatic rings. The summed E-state index contributed by atoms with van der Waals surface area (Å²) < 4.78 is 42.0. The van der Waals surface area contributed by atoms with E-state index in [1.165, 1.54) is 42.4 Å². The lowest BCUT2D eigenvalue weighted by molar-refractivity contribution is -0.144. The first-order chi connectivity index (χ1) is 19.3. The van der Waals surface area contributed by atoms with Crippen LogP contribution in [0.4, 0.5) is 24.8 Å². The van der Waals surface area contributed by atoms with E-state index in [-0.39, 0.29) is 23.0 Å². The number of aryl methyl sites for hydroxylation is 2. The molecule has 1 N–H and O–H groups in total. The molecule has 0 amide bonds. The van der Waals surface area contributed by atoms with Crippen LogP contribution in [-0.4, -0.2) is 49.6 Å². The summed E-state index contributed by atoms with van der Waals surface area (Å²) >= 11 is 0. The van der Waals surface area contributed by atoms with Gasteiger partial charge < -0.3 is 10.2 Å². The van der Waals surface area contributed by atoms with Crippen molar-refractivity contribution in [2.75, 3.05) is 18.4 Å². The predicted molar refractivity (Wildman–Crippen MR) is 145 cm³/mol. The molecule has 1 saturated heterocycles. The fourth-order valence-corrected chi connectivity index (χ4v) is 5.69. The highest BCUT2D eigenvalue weighted by molar-refractivity contribution is 6.09. The van der Waals surface area contributed by atoms with Crippen molar-refractivity contribution in [1.29, 1.82) is 0 Å². The van der Waals surface area contributed by atoms with Gasteiger partial charge >= 0.3 is 6.18 Å². The van der Waals surface area contributed by atoms with Crippen LogP contribution in [0, 0.1) is 0 Å². The summed E-state index contributed by atoms with van der Waals surface area (Å²) in [5, 5.41) is 6.79. The van der Waals surface area contributed by atoms with Crippen molar-refractivity contribution in [3.05, 3.63) is 95.1 Å². The van der Waals surface area contributed by atoms with Gasteiger partial charge in [-0.25, -0.2) is 0 Å². The van der Waals surface area contributed by atoms with Crippen molar-refractivity contribution < 1.29 is 18.0 Å². The molecule has 6 rings (SSSR count). The van der Waals surface area contributed by atoms with Gasteiger partial charge in [0.25, 0.3) is 5.82 Å². The Bertz CT molecular complexity index is 1510. The first kappa shape index (κ1) is 26.2. The molecule has 2 aromatic carbocycles. The van der Waals surface area contributed by atoms with Crippen molar-refractivity contribution in [2.24, 2.45) is 0 Å². The van der Waals surface area contributed by atoms with Crippen LogP contribution in [0.25, 0.3) is 5.69 Å². The van der Waals surface area contributed by atoms with E-state index in [1.807, 2.05) is 12.1 Å². The summed E-state index contributed by atoms with van der Waals surface area (Å²) in [6.45, 7) is 2.33. The molecule has 3 heterocycles. The molecular formula is C30H29F3N6O. The van der Waals surface area contributed by atoms with E-state index in [0.717, 1.165) is 43.5 Å². The SMILES string of the molecule is O=C(c1ccccc1)c1cncc(-n2nc(C(F)(F)F)nc2Nc2ccc3c(c2)CCC(N2CCCC2)CC3)c1. The first-order valence-corrected chi connectivity index (χ1v) is 13.6. The van der Waals surface area contributed by atoms with Gasteiger partial charge in [0.15, 0.2) is 5.78 Å². The van der Waals surface area contributed by atoms with Crippen LogP contribution in [0.3, 0.4) is 0 Å². The summed E-state index contributed by atoms with van der Waals surface area (Å²) in [4.78, 5) is 23.4. The normalized spacial score (nSPS) is 17.8. The zero-order valence-corrected chi connectivity index (χ0v) is 21.9. The number of halogens is 3. The Morgan fingerprint density at radius 3 is 2.40 bits per heavy atom. The Kier molecular flexibility index (Phi) is 7.10. The van der Waals surface area contributed by atoms with Crippen LogP contribution in [0.15, 0.2) is 67.0 Å². The first-order valence-electron chi connectivity index (χ1n) is 13.6. The third-order valence-electron chi connectivity index (χ3n) is 7.74. The second-order valence-electron chi connectivity index (χ2n) is 10.4. The second-order valence-corrected chi connectivity index (χ2v) is 10.4. The number of ketones is 1. The van der Waals surface area contributed by atoms with Crippen molar-refractivity contribution >= 4 is 17.4 Å². The molecule has 1 aliphatic carbocycles. The van der Waals surface area contributed by atoms with E-state index in [1.54, 1.807) is 30.3 Å². The van der Waals surface area contributed by atoms with Gasteiger partial charge in [0.05, 0.1) is 11.9 Å². The molecule has 1 aliphatic heterocycles. The number of carbonyl (C=O) groups is 1. The topological polar surface area (TPSA) is 75.9 Å². The number of aromatic nitrogens is 4. The van der Waals surface area contributed by atoms with Gasteiger partial charge in [0.2, 0.25) is 5.95 Å². The number of fused-ring (bicyclic) bond motifs is 1. The number of pyridine rings is 1. The fourth-order valence-electron chi connectivity index (χ4n) is 5.69. The monoisotopic (exact) mass is 546 g/mol. The Morgan fingerprint density at radius 1 is 0.900 bits per heavy atom. The molecule has 0 bridgehead atoms. The zero-order valence-electron chi connectivity index (χ0n) is 21.9. The van der Waals surface area contributed by atoms with Gasteiger partial charge in [-0.1, -0.05) is 36.4 Å². The van der Waals surface area contributed by atoms with Gasteiger partial charge in [-0.05, 0) is 80.9 Å². The average molecular weight is 547 g/mol. The molecule has 2 aliphatic rings. The van der Waals surface area contributed by atoms with E-state index in [2.05, 4.69) is 31.3 Å². The van der Waals surface area contributed by atoms with E-state index in [4.69, 9.17) is 0 Å². The molecule has 0 radical (unpaired) electrons. The minimum absolute atomic E-state index is 0.109. The Labute approximate surface area is 230 Å². The number of rotatable bonds is 6. The van der Waals surface area contributed by atoms with Gasteiger partial charge in [-0.3, -0.25) is 9.78 Å². The minimum Gasteiger partial charge on any atom is -0.324 e. The smallest absolute Gasteiger partial charge is 0.324 e. The number of hydrogen-bond donors (Lipinski definition) is 1. The van der Waals surface area contributed by atoms with E-state index in [9.17, 15) is 18.0 Å². The maximum absolute atomic E-state index is 13.7. The number of nitrogens with one attached hydrogen (secondary N) is 1. The number of likely N-dealkylation sites (tertiary alicyclic amines) is 1. The number of hydrogen-bond acceptors (Lipinski definition) is 6. The molecular weight excluding hydrogens is 517 g/mol. The highest BCUT2D eigenvalue weighted by atomic mass is 19.4. The summed E-state index contributed by atoms with van der Waals surface area (Å²) in [5.74, 6) is -1.68. The van der Waals surface area contributed by atoms with Crippen LogP contribution in [0.1, 0.15) is 58.6 Å². The Morgan fingerprint density at radius 2 is 1.65 bits per heavy atom. The predicted octanol–water partition coefficient (Wildman–Crippen LogP) is 6.00. The zero-order chi connectivity index (χ0) is 27.7. The average Bonchev–Trinajstić information content (AvgIpc) is 3.60. The summed E-state index contributed by atoms with van der Waals surface area (Å²) in [6.07, 6.45) is 4.61. The van der Waals surface area contributed by atoms with Gasteiger partial charge in [-0.2, -0.15) is 22.8 Å². The van der Waals surface area contributed by atoms with E-state index < -0.39 is 12.0 Å². The van der Waals surface area contributed by atoms with Crippen molar-refractivity contribution in [1.82, 2.24) is 24.6 Å². The third kappa shape index (κ3) is 5.49. The number of carbonyl (C=O) groups excluding carboxylic acids is 1. The second kappa shape index (κ2) is 10.8. The van der Waals surface area contributed by atoms with Crippen LogP contribution >= 0.6 is 0 Å². The number of alkyl halides is 3. The number of benzene rings is 2. The van der Waals surface area contributed by atoms with Crippen molar-refractivity contribution in [2.45, 2.75) is 50.7 Å². The standard InChI is InChI=1S/C30H29F3N6O/c31-30(32,33)28-36-29(39(37-28)26-17-23(18-34-19-26)27(40)21-6-2-1-3-7-21)35-24-11-8-20-9-12-25(13-10-22(20)16-24)38-14-4-5-15-38/h1-3,6-8,11,16-19,25H,4-5,9-10,12-15H2,(H,35,36,37). The molecule has 1 unspecified atom stereocenters. The van der Waals surface area contributed by atoms with E-state index >= 15 is 0 Å². The molecule has 7 nitrogen and oxygen atoms in total. The fraction of sp³-hybridized carbons (Fsp3) is 0.333. The van der Waals surface area contributed by atoms with Gasteiger partial charge in [0.1, 0.15) is 0 Å². The van der Waals surface area contributed by atoms with Gasteiger partial charge in [-0.15, -0.1) is 5.10 Å². The largest absolute Gasteiger partial charge is 0.453 e. The quantitative estimate of drug-likeness (QED) is 0.236. The summed E-state index contributed by atoms with van der Waals surface area (Å²) in [5.41, 5.74) is 3.98. The van der Waals surface area contributed by atoms with Crippen molar-refractivity contribution in [3.8, 4) is 5.69 Å². The molecule has 1 fully saturated rings. The highest BCUT2D eigenvalue weighted by Crippen LogP contribution is 2.32. The number of anilines is 2. The molecule has 1 atom stereocenters. The maximum Gasteiger partial charge on any atom is 0.453 e. The van der Waals surface area contributed by atoms with Gasteiger partial charge in [0, 0.05) is 29.1 Å². The molecule has 40 heavy (non-hydrogen) atoms. The molecule has 0 spiro atoms. The van der Waals surface area contributed by atoms with Crippen LogP contribution in [0.5, 0.6) is 0 Å². The maximum atomic E-state index is 13.7. The lowest BCUT2D eigenvalue weighted by atomic mass is 10.0. The van der Waals surface area contributed by atoms with E-state index in [0.29, 0.717) is 17.3 Å². The minimum atomic E-state index is -4.75. The molecule has 2 aromatic heterocycles. The van der Waals surface area contributed by atoms with Crippen LogP contribution < -0.4 is 5.32 Å². The molecule has 206 valence electrons. The Balaban J connectivity index is 1.29. The lowest BCUT2D eigenvalue weighted by Gasteiger charge is -2.25. The molecule has 0 saturated carbocycles. The molecule has 10 heteroatoms. The summed E-state index contributed by atoms with van der Waals surface area (Å²) in [7, 11) is 0.